The Morgan fingerprint density at radius 3 is 1.08 bits per heavy atom. The maximum atomic E-state index is 3.06. The van der Waals surface area contributed by atoms with Gasteiger partial charge in [-0.15, -0.1) is 93.9 Å². The molecule has 0 aromatic heterocycles. The predicted molar refractivity (Wildman–Crippen MR) is 270 cm³/mol. The first-order valence-corrected chi connectivity index (χ1v) is 26.5. The van der Waals surface area contributed by atoms with Gasteiger partial charge in [0.15, 0.2) is 0 Å². The zero-order chi connectivity index (χ0) is 39.1. The summed E-state index contributed by atoms with van der Waals surface area (Å²) in [5, 5.41) is 5.65. The van der Waals surface area contributed by atoms with E-state index in [-0.39, 0.29) is 39.7 Å². The third-order valence-corrected chi connectivity index (χ3v) is 13.8. The number of hydrogen-bond acceptors (Lipinski definition) is 0. The molecule has 0 amide bonds. The van der Waals surface area contributed by atoms with E-state index in [2.05, 4.69) is 142 Å². The molecule has 8 rings (SSSR count). The fourth-order valence-corrected chi connectivity index (χ4v) is 10.4. The number of benzene rings is 4. The Morgan fingerprint density at radius 2 is 0.767 bits per heavy atom. The van der Waals surface area contributed by atoms with Crippen molar-refractivity contribution in [2.45, 2.75) is 142 Å². The molecular formula is C56H74Cl2SiZr-4. The minimum absolute atomic E-state index is 0. The first-order valence-electron chi connectivity index (χ1n) is 22.3. The average Bonchev–Trinajstić information content (AvgIpc) is 3.91. The van der Waals surface area contributed by atoms with Gasteiger partial charge >= 0.3 is 30.2 Å². The van der Waals surface area contributed by atoms with Gasteiger partial charge in [0.05, 0.1) is 0 Å². The first-order chi connectivity index (χ1) is 27.6. The van der Waals surface area contributed by atoms with Crippen LogP contribution >= 0.6 is 24.8 Å². The van der Waals surface area contributed by atoms with Gasteiger partial charge < -0.3 is 14.9 Å². The number of halogens is 2. The fraction of sp³-hybridized carbons (Fsp3) is 0.429. The molecule has 60 heavy (non-hydrogen) atoms. The van der Waals surface area contributed by atoms with E-state index < -0.39 is 0 Å². The third-order valence-electron chi connectivity index (χ3n) is 13.8. The van der Waals surface area contributed by atoms with Crippen LogP contribution in [0.25, 0.3) is 43.8 Å². The number of hydrogen-bond donors (Lipinski definition) is 0. The van der Waals surface area contributed by atoms with E-state index in [1.54, 1.807) is 11.1 Å². The van der Waals surface area contributed by atoms with Crippen LogP contribution in [0.15, 0.2) is 121 Å². The molecule has 2 saturated carbocycles. The standard InChI is InChI=1S/2C27H33.2CH3.2ClH.Si.Zr/c2*1-2-27(17-10-5-3-4-6-11-18-27)21-22-19-24-15-12-16-25(26(24)20-22)23-13-8-7-9-14-23;;;;;;/h2*7-9,12-16,19-20H,2-6,10-11,17-18,21H2,1H3;2*1H3;2*1H;;/q4*-1;;;;. The van der Waals surface area contributed by atoms with E-state index in [4.69, 9.17) is 0 Å². The number of fused-ring (bicyclic) bond motifs is 2. The second kappa shape index (κ2) is 27.8. The van der Waals surface area contributed by atoms with Crippen LogP contribution in [0, 0.1) is 25.7 Å². The molecule has 6 aromatic rings. The third kappa shape index (κ3) is 14.4. The molecule has 0 bridgehead atoms. The molecule has 4 heteroatoms. The molecule has 0 spiro atoms. The quantitative estimate of drug-likeness (QED) is 0.105. The van der Waals surface area contributed by atoms with Crippen molar-refractivity contribution >= 4 is 53.2 Å². The van der Waals surface area contributed by atoms with Crippen molar-refractivity contribution in [3.8, 4) is 22.3 Å². The van der Waals surface area contributed by atoms with Crippen LogP contribution in [0.4, 0.5) is 0 Å². The Kier molecular flexibility index (Phi) is 24.9. The van der Waals surface area contributed by atoms with E-state index in [1.807, 2.05) is 0 Å². The summed E-state index contributed by atoms with van der Waals surface area (Å²) < 4.78 is 0. The molecular weight excluding hydrogens is 863 g/mol. The van der Waals surface area contributed by atoms with Gasteiger partial charge in [-0.3, -0.25) is 0 Å². The molecule has 0 aliphatic heterocycles. The van der Waals surface area contributed by atoms with Gasteiger partial charge in [-0.2, -0.15) is 12.1 Å². The fourth-order valence-electron chi connectivity index (χ4n) is 10.4. The van der Waals surface area contributed by atoms with Gasteiger partial charge in [-0.1, -0.05) is 188 Å². The molecule has 2 aliphatic carbocycles. The van der Waals surface area contributed by atoms with Crippen molar-refractivity contribution < 1.29 is 23.3 Å². The van der Waals surface area contributed by atoms with Crippen molar-refractivity contribution in [1.29, 1.82) is 0 Å². The molecule has 0 saturated heterocycles. The molecule has 0 heterocycles. The van der Waals surface area contributed by atoms with Gasteiger partial charge in [0.25, 0.3) is 0 Å². The van der Waals surface area contributed by atoms with E-state index >= 15 is 0 Å². The van der Waals surface area contributed by atoms with E-state index in [0.29, 0.717) is 10.8 Å². The zero-order valence-corrected chi connectivity index (χ0v) is 42.6. The summed E-state index contributed by atoms with van der Waals surface area (Å²) in [7, 11) is 0. The van der Waals surface area contributed by atoms with Crippen molar-refractivity contribution in [2.24, 2.45) is 10.8 Å². The molecule has 2 aliphatic rings. The molecule has 0 atom stereocenters. The maximum absolute atomic E-state index is 3.06. The topological polar surface area (TPSA) is 0 Å². The van der Waals surface area contributed by atoms with Crippen molar-refractivity contribution in [3.05, 3.63) is 147 Å². The van der Waals surface area contributed by atoms with E-state index in [0.717, 1.165) is 0 Å². The van der Waals surface area contributed by atoms with Crippen LogP contribution < -0.4 is 0 Å². The summed E-state index contributed by atoms with van der Waals surface area (Å²) in [4.78, 5) is 0. The molecule has 0 unspecified atom stereocenters. The van der Waals surface area contributed by atoms with Gasteiger partial charge in [0, 0.05) is 0 Å². The van der Waals surface area contributed by atoms with Crippen LogP contribution in [0.1, 0.15) is 141 Å². The molecule has 6 aromatic carbocycles. The number of rotatable bonds is 8. The SMILES string of the molecule is CCC1(Cc2cc3c(-c4ccccc4)cccc3[cH-]2)CCCCCCCC1.CCC1(Cc2cc3c(-c4ccccc4)cccc3[cH-]2)CCCCCCCC1.Cl.Cl.[CH3-].[CH3-].[Si]=[Zr]. The van der Waals surface area contributed by atoms with Crippen LogP contribution in [0.3, 0.4) is 0 Å². The second-order valence-electron chi connectivity index (χ2n) is 17.4. The summed E-state index contributed by atoms with van der Waals surface area (Å²) in [6.07, 6.45) is 28.0. The van der Waals surface area contributed by atoms with E-state index in [1.165, 1.54) is 196 Å². The Hall–Kier alpha value is -2.22. The molecule has 0 N–H and O–H groups in total. The Bertz CT molecular complexity index is 1880. The van der Waals surface area contributed by atoms with Crippen LogP contribution in [0.2, 0.25) is 0 Å². The van der Waals surface area contributed by atoms with Gasteiger partial charge in [0.2, 0.25) is 0 Å². The first kappa shape index (κ1) is 53.9. The average molecular weight is 937 g/mol. The van der Waals surface area contributed by atoms with Gasteiger partial charge in [-0.05, 0) is 60.5 Å². The Balaban J connectivity index is 0.000000373. The summed E-state index contributed by atoms with van der Waals surface area (Å²) in [5.74, 6) is 0. The van der Waals surface area contributed by atoms with Crippen LogP contribution in [0.5, 0.6) is 0 Å². The summed E-state index contributed by atoms with van der Waals surface area (Å²) >= 11 is 1.36. The van der Waals surface area contributed by atoms with Crippen molar-refractivity contribution in [1.82, 2.24) is 0 Å². The normalized spacial score (nSPS) is 16.2. The van der Waals surface area contributed by atoms with E-state index in [9.17, 15) is 0 Å². The van der Waals surface area contributed by atoms with Crippen molar-refractivity contribution in [2.75, 3.05) is 0 Å². The Labute approximate surface area is 396 Å². The monoisotopic (exact) mass is 934 g/mol. The zero-order valence-electron chi connectivity index (χ0n) is 37.5. The predicted octanol–water partition coefficient (Wildman–Crippen LogP) is 18.0. The minimum atomic E-state index is 0. The molecule has 324 valence electrons. The molecule has 0 nitrogen and oxygen atoms in total. The molecule has 2 fully saturated rings. The summed E-state index contributed by atoms with van der Waals surface area (Å²) in [6, 6.07) is 45.1. The summed E-state index contributed by atoms with van der Waals surface area (Å²) in [5.41, 5.74) is 9.53. The van der Waals surface area contributed by atoms with Crippen LogP contribution in [-0.2, 0) is 36.2 Å². The van der Waals surface area contributed by atoms with Gasteiger partial charge in [0.1, 0.15) is 0 Å². The van der Waals surface area contributed by atoms with Crippen molar-refractivity contribution in [3.63, 3.8) is 0 Å². The molecule has 2 radical (unpaired) electrons. The summed E-state index contributed by atoms with van der Waals surface area (Å²) in [6.45, 7) is 7.92. The van der Waals surface area contributed by atoms with Gasteiger partial charge in [-0.25, -0.2) is 0 Å². The second-order valence-corrected chi connectivity index (χ2v) is 17.4. The van der Waals surface area contributed by atoms with Crippen LogP contribution in [-0.4, -0.2) is 6.88 Å². The Morgan fingerprint density at radius 1 is 0.450 bits per heavy atom.